The van der Waals surface area contributed by atoms with E-state index in [0.29, 0.717) is 17.3 Å². The third kappa shape index (κ3) is 9.23. The van der Waals surface area contributed by atoms with Gasteiger partial charge in [-0.2, -0.15) is 0 Å². The van der Waals surface area contributed by atoms with Gasteiger partial charge in [-0.25, -0.2) is 8.42 Å². The van der Waals surface area contributed by atoms with Crippen LogP contribution in [0.15, 0.2) is 72.8 Å². The second-order valence-electron chi connectivity index (χ2n) is 9.93. The van der Waals surface area contributed by atoms with Gasteiger partial charge in [-0.1, -0.05) is 73.5 Å². The van der Waals surface area contributed by atoms with Crippen LogP contribution >= 0.6 is 11.6 Å². The van der Waals surface area contributed by atoms with Gasteiger partial charge in [0.1, 0.15) is 18.3 Å². The van der Waals surface area contributed by atoms with Crippen LogP contribution in [0.5, 0.6) is 5.75 Å². The van der Waals surface area contributed by atoms with Crippen LogP contribution in [0.25, 0.3) is 0 Å². The van der Waals surface area contributed by atoms with Crippen molar-refractivity contribution in [3.8, 4) is 5.75 Å². The second kappa shape index (κ2) is 14.9. The first-order chi connectivity index (χ1) is 19.5. The second-order valence-corrected chi connectivity index (χ2v) is 12.2. The fraction of sp³-hybridized carbons (Fsp3) is 0.355. The first-order valence-electron chi connectivity index (χ1n) is 13.5. The number of aryl methyl sites for hydroxylation is 1. The predicted molar refractivity (Wildman–Crippen MR) is 164 cm³/mol. The number of carbonyl (C=O) groups excluding carboxylic acids is 2. The molecule has 2 amide bonds. The van der Waals surface area contributed by atoms with Crippen LogP contribution in [0.3, 0.4) is 0 Å². The molecule has 0 heterocycles. The summed E-state index contributed by atoms with van der Waals surface area (Å²) < 4.78 is 32.2. The molecule has 3 aromatic carbocycles. The maximum absolute atomic E-state index is 14.1. The molecule has 0 aliphatic carbocycles. The normalized spacial score (nSPS) is 11.9. The molecule has 3 aromatic rings. The van der Waals surface area contributed by atoms with Gasteiger partial charge in [0.15, 0.2) is 0 Å². The van der Waals surface area contributed by atoms with E-state index in [1.807, 2.05) is 50.2 Å². The minimum atomic E-state index is -3.88. The van der Waals surface area contributed by atoms with Crippen molar-refractivity contribution >= 4 is 39.1 Å². The molecule has 0 saturated heterocycles. The number of amides is 2. The zero-order valence-corrected chi connectivity index (χ0v) is 25.5. The van der Waals surface area contributed by atoms with Crippen LogP contribution in [0.1, 0.15) is 36.5 Å². The Balaban J connectivity index is 2.06. The third-order valence-corrected chi connectivity index (χ3v) is 8.26. The Bertz CT molecular complexity index is 1430. The van der Waals surface area contributed by atoms with E-state index in [0.717, 1.165) is 40.1 Å². The van der Waals surface area contributed by atoms with Gasteiger partial charge in [0.25, 0.3) is 0 Å². The number of anilines is 1. The molecule has 0 aliphatic rings. The van der Waals surface area contributed by atoms with Crippen molar-refractivity contribution in [3.05, 3.63) is 94.5 Å². The van der Waals surface area contributed by atoms with Crippen LogP contribution < -0.4 is 14.4 Å². The first-order valence-corrected chi connectivity index (χ1v) is 15.7. The Hall–Kier alpha value is -3.56. The molecule has 0 saturated carbocycles. The van der Waals surface area contributed by atoms with Crippen LogP contribution in [0.2, 0.25) is 5.02 Å². The van der Waals surface area contributed by atoms with Gasteiger partial charge >= 0.3 is 0 Å². The van der Waals surface area contributed by atoms with E-state index in [-0.39, 0.29) is 24.6 Å². The smallest absolute Gasteiger partial charge is 0.244 e. The summed E-state index contributed by atoms with van der Waals surface area (Å²) in [6.45, 7) is 3.88. The van der Waals surface area contributed by atoms with Gasteiger partial charge in [-0.15, -0.1) is 0 Å². The highest BCUT2D eigenvalue weighted by atomic mass is 35.5. The van der Waals surface area contributed by atoms with E-state index in [9.17, 15) is 18.0 Å². The fourth-order valence-electron chi connectivity index (χ4n) is 4.38. The summed E-state index contributed by atoms with van der Waals surface area (Å²) in [7, 11) is -2.32. The number of ether oxygens (including phenoxy) is 1. The molecule has 220 valence electrons. The number of benzene rings is 3. The number of hydrogen-bond donors (Lipinski definition) is 1. The molecule has 0 bridgehead atoms. The van der Waals surface area contributed by atoms with Crippen molar-refractivity contribution in [2.75, 3.05) is 30.8 Å². The summed E-state index contributed by atoms with van der Waals surface area (Å²) in [6, 6.07) is 20.6. The number of unbranched alkanes of at least 4 members (excludes halogenated alkanes) is 1. The van der Waals surface area contributed by atoms with Crippen molar-refractivity contribution in [2.45, 2.75) is 45.7 Å². The van der Waals surface area contributed by atoms with E-state index in [4.69, 9.17) is 16.3 Å². The minimum absolute atomic E-state index is 0.0704. The zero-order valence-electron chi connectivity index (χ0n) is 24.0. The lowest BCUT2D eigenvalue weighted by molar-refractivity contribution is -0.140. The Morgan fingerprint density at radius 2 is 1.71 bits per heavy atom. The van der Waals surface area contributed by atoms with Crippen molar-refractivity contribution in [2.24, 2.45) is 0 Å². The highest BCUT2D eigenvalue weighted by molar-refractivity contribution is 7.92. The summed E-state index contributed by atoms with van der Waals surface area (Å²) in [5, 5.41) is 3.35. The number of rotatable bonds is 14. The number of hydrogen-bond acceptors (Lipinski definition) is 5. The molecular formula is C31H38ClN3O5S. The lowest BCUT2D eigenvalue weighted by Crippen LogP contribution is -2.53. The molecule has 0 aromatic heterocycles. The third-order valence-electron chi connectivity index (χ3n) is 6.71. The fourth-order valence-corrected chi connectivity index (χ4v) is 5.39. The molecule has 1 atom stereocenters. The summed E-state index contributed by atoms with van der Waals surface area (Å²) in [6.07, 6.45) is 2.99. The van der Waals surface area contributed by atoms with E-state index in [2.05, 4.69) is 5.32 Å². The van der Waals surface area contributed by atoms with Crippen molar-refractivity contribution in [1.29, 1.82) is 0 Å². The molecule has 8 nitrogen and oxygen atoms in total. The van der Waals surface area contributed by atoms with Gasteiger partial charge in [-0.05, 0) is 54.3 Å². The highest BCUT2D eigenvalue weighted by Crippen LogP contribution is 2.26. The molecule has 0 fully saturated rings. The lowest BCUT2D eigenvalue weighted by atomic mass is 10.0. The van der Waals surface area contributed by atoms with Gasteiger partial charge < -0.3 is 15.0 Å². The number of halogens is 1. The van der Waals surface area contributed by atoms with Crippen molar-refractivity contribution < 1.29 is 22.7 Å². The van der Waals surface area contributed by atoms with Gasteiger partial charge in [0, 0.05) is 24.5 Å². The van der Waals surface area contributed by atoms with Crippen LogP contribution in [-0.4, -0.2) is 57.6 Å². The molecule has 1 N–H and O–H groups in total. The summed E-state index contributed by atoms with van der Waals surface area (Å²) in [5.41, 5.74) is 2.66. The Morgan fingerprint density at radius 3 is 2.34 bits per heavy atom. The van der Waals surface area contributed by atoms with E-state index in [1.54, 1.807) is 37.4 Å². The minimum Gasteiger partial charge on any atom is -0.497 e. The van der Waals surface area contributed by atoms with E-state index < -0.39 is 28.5 Å². The maximum atomic E-state index is 14.1. The lowest BCUT2D eigenvalue weighted by Gasteiger charge is -2.33. The molecule has 0 unspecified atom stereocenters. The number of sulfonamides is 1. The summed E-state index contributed by atoms with van der Waals surface area (Å²) in [5.74, 6) is -0.224. The van der Waals surface area contributed by atoms with E-state index in [1.165, 1.54) is 11.0 Å². The van der Waals surface area contributed by atoms with Gasteiger partial charge in [-0.3, -0.25) is 13.9 Å². The largest absolute Gasteiger partial charge is 0.497 e. The molecular weight excluding hydrogens is 562 g/mol. The predicted octanol–water partition coefficient (Wildman–Crippen LogP) is 4.98. The number of carbonyl (C=O) groups is 2. The number of methoxy groups -OCH3 is 1. The maximum Gasteiger partial charge on any atom is 0.244 e. The van der Waals surface area contributed by atoms with Crippen LogP contribution in [-0.2, 0) is 32.6 Å². The molecule has 10 heteroatoms. The summed E-state index contributed by atoms with van der Waals surface area (Å²) >= 11 is 6.30. The monoisotopic (exact) mass is 599 g/mol. The van der Waals surface area contributed by atoms with Gasteiger partial charge in [0.2, 0.25) is 21.8 Å². The molecule has 0 spiro atoms. The van der Waals surface area contributed by atoms with Crippen LogP contribution in [0, 0.1) is 6.92 Å². The first kappa shape index (κ1) is 32.0. The molecule has 0 aliphatic heterocycles. The van der Waals surface area contributed by atoms with Crippen LogP contribution in [0.4, 0.5) is 5.69 Å². The Morgan fingerprint density at radius 1 is 1.00 bits per heavy atom. The van der Waals surface area contributed by atoms with E-state index >= 15 is 0 Å². The number of nitrogens with zero attached hydrogens (tertiary/aromatic N) is 2. The standard InChI is InChI=1S/C31H38ClN3O5S/c1-5-6-17-33-31(37)29(19-24-11-8-7-9-12-24)34(21-25-13-10-14-27(18-25)40-3)30(36)22-35(41(4,38)39)26-16-15-23(2)28(32)20-26/h7-16,18,20,29H,5-6,17,19,21-22H2,1-4H3,(H,33,37)/t29-/m0/s1. The average molecular weight is 600 g/mol. The number of nitrogens with one attached hydrogen (secondary N) is 1. The van der Waals surface area contributed by atoms with Crippen molar-refractivity contribution in [3.63, 3.8) is 0 Å². The van der Waals surface area contributed by atoms with Crippen molar-refractivity contribution in [1.82, 2.24) is 10.2 Å². The topological polar surface area (TPSA) is 96.0 Å². The quantitative estimate of drug-likeness (QED) is 0.264. The Kier molecular flexibility index (Phi) is 11.6. The zero-order chi connectivity index (χ0) is 30.0. The highest BCUT2D eigenvalue weighted by Gasteiger charge is 2.33. The summed E-state index contributed by atoms with van der Waals surface area (Å²) in [4.78, 5) is 29.2. The SMILES string of the molecule is CCCCNC(=O)[C@H](Cc1ccccc1)N(Cc1cccc(OC)c1)C(=O)CN(c1ccc(C)c(Cl)c1)S(C)(=O)=O. The molecule has 3 rings (SSSR count). The van der Waals surface area contributed by atoms with Gasteiger partial charge in [0.05, 0.1) is 19.1 Å². The average Bonchev–Trinajstić information content (AvgIpc) is 2.95. The molecule has 0 radical (unpaired) electrons. The molecule has 41 heavy (non-hydrogen) atoms. The Labute approximate surface area is 248 Å².